The van der Waals surface area contributed by atoms with Crippen molar-refractivity contribution < 1.29 is 27.4 Å². The zero-order valence-corrected chi connectivity index (χ0v) is 20.4. The smallest absolute Gasteiger partial charge is 0.260 e. The van der Waals surface area contributed by atoms with Crippen LogP contribution < -0.4 is 25.4 Å². The Bertz CT molecular complexity index is 1290. The number of aromatic nitrogens is 2. The Morgan fingerprint density at radius 3 is 2.62 bits per heavy atom. The third kappa shape index (κ3) is 4.95. The standard InChI is InChI=1S/C26H28F3N5O3/c1-36-22-6-4-14(10-23(22)37-2)19-11-21(25(28)29)34-24(32-19)12-20(33-34)17-5-3-15(9-18(17)27)26(35)31-16-7-8-30-13-16/h3-6,9-10,12,16,19,21,25,30,32H,7-8,11,13H2,1-2H3,(H,31,35)/t16-,19?,21?/m0/s1. The number of carbonyl (C=O) groups excluding carboxylic acids is 1. The average molecular weight is 516 g/mol. The van der Waals surface area contributed by atoms with Gasteiger partial charge in [0, 0.05) is 29.8 Å². The summed E-state index contributed by atoms with van der Waals surface area (Å²) >= 11 is 0. The zero-order chi connectivity index (χ0) is 26.1. The number of amides is 1. The molecule has 11 heteroatoms. The van der Waals surface area contributed by atoms with E-state index in [1.807, 2.05) is 0 Å². The maximum Gasteiger partial charge on any atom is 0.260 e. The van der Waals surface area contributed by atoms with Crippen molar-refractivity contribution in [1.82, 2.24) is 20.4 Å². The third-order valence-corrected chi connectivity index (χ3v) is 6.85. The number of hydrogen-bond donors (Lipinski definition) is 3. The van der Waals surface area contributed by atoms with Crippen LogP contribution in [0.15, 0.2) is 42.5 Å². The summed E-state index contributed by atoms with van der Waals surface area (Å²) in [4.78, 5) is 12.5. The van der Waals surface area contributed by atoms with Gasteiger partial charge in [0.1, 0.15) is 17.7 Å². The van der Waals surface area contributed by atoms with Crippen LogP contribution in [-0.2, 0) is 0 Å². The van der Waals surface area contributed by atoms with Gasteiger partial charge in [-0.25, -0.2) is 17.9 Å². The largest absolute Gasteiger partial charge is 0.493 e. The number of benzene rings is 2. The van der Waals surface area contributed by atoms with Crippen LogP contribution in [0, 0.1) is 5.82 Å². The molecule has 1 fully saturated rings. The Balaban J connectivity index is 1.41. The Hall–Kier alpha value is -3.73. The van der Waals surface area contributed by atoms with Crippen LogP contribution in [0.4, 0.5) is 19.0 Å². The van der Waals surface area contributed by atoms with Gasteiger partial charge >= 0.3 is 0 Å². The number of fused-ring (bicyclic) bond motifs is 1. The molecule has 3 atom stereocenters. The summed E-state index contributed by atoms with van der Waals surface area (Å²) in [6.07, 6.45) is -1.80. The topological polar surface area (TPSA) is 89.4 Å². The molecule has 0 bridgehead atoms. The summed E-state index contributed by atoms with van der Waals surface area (Å²) in [7, 11) is 3.03. The lowest BCUT2D eigenvalue weighted by Gasteiger charge is -2.32. The molecule has 3 N–H and O–H groups in total. The van der Waals surface area contributed by atoms with E-state index in [1.54, 1.807) is 24.3 Å². The molecule has 5 rings (SSSR count). The van der Waals surface area contributed by atoms with Crippen LogP contribution in [-0.4, -0.2) is 55.5 Å². The van der Waals surface area contributed by atoms with E-state index in [2.05, 4.69) is 21.0 Å². The summed E-state index contributed by atoms with van der Waals surface area (Å²) < 4.78 is 55.1. The summed E-state index contributed by atoms with van der Waals surface area (Å²) in [5.74, 6) is 0.359. The van der Waals surface area contributed by atoms with Crippen molar-refractivity contribution >= 4 is 11.7 Å². The third-order valence-electron chi connectivity index (χ3n) is 6.85. The number of nitrogens with zero attached hydrogens (tertiary/aromatic N) is 2. The lowest BCUT2D eigenvalue weighted by atomic mass is 9.97. The molecule has 196 valence electrons. The van der Waals surface area contributed by atoms with Crippen molar-refractivity contribution in [2.45, 2.75) is 37.4 Å². The number of anilines is 1. The van der Waals surface area contributed by atoms with E-state index in [-0.39, 0.29) is 35.2 Å². The minimum absolute atomic E-state index is 0.00562. The van der Waals surface area contributed by atoms with E-state index in [4.69, 9.17) is 9.47 Å². The van der Waals surface area contributed by atoms with E-state index >= 15 is 4.39 Å². The number of methoxy groups -OCH3 is 2. The highest BCUT2D eigenvalue weighted by Crippen LogP contribution is 2.41. The molecule has 0 spiro atoms. The molecule has 2 aromatic carbocycles. The van der Waals surface area contributed by atoms with Gasteiger partial charge in [-0.05, 0) is 55.3 Å². The summed E-state index contributed by atoms with van der Waals surface area (Å²) in [5, 5.41) is 13.6. The highest BCUT2D eigenvalue weighted by atomic mass is 19.3. The van der Waals surface area contributed by atoms with Crippen LogP contribution in [0.25, 0.3) is 11.3 Å². The highest BCUT2D eigenvalue weighted by Gasteiger charge is 2.35. The Labute approximate surface area is 212 Å². The van der Waals surface area contributed by atoms with Gasteiger partial charge in [0.05, 0.1) is 26.0 Å². The van der Waals surface area contributed by atoms with Gasteiger partial charge in [-0.2, -0.15) is 5.10 Å². The molecule has 3 aromatic rings. The van der Waals surface area contributed by atoms with E-state index in [1.165, 1.54) is 31.0 Å². The molecule has 0 radical (unpaired) electrons. The monoisotopic (exact) mass is 515 g/mol. The fraction of sp³-hybridized carbons (Fsp3) is 0.385. The first kappa shape index (κ1) is 24.9. The summed E-state index contributed by atoms with van der Waals surface area (Å²) in [6.45, 7) is 1.50. The first-order chi connectivity index (χ1) is 17.9. The molecule has 1 aromatic heterocycles. The van der Waals surface area contributed by atoms with Gasteiger partial charge < -0.3 is 25.4 Å². The maximum absolute atomic E-state index is 15.1. The highest BCUT2D eigenvalue weighted by molar-refractivity contribution is 5.95. The minimum atomic E-state index is -2.68. The van der Waals surface area contributed by atoms with Crippen molar-refractivity contribution in [3.63, 3.8) is 0 Å². The van der Waals surface area contributed by atoms with Crippen molar-refractivity contribution in [2.75, 3.05) is 32.6 Å². The van der Waals surface area contributed by atoms with Crippen molar-refractivity contribution in [2.24, 2.45) is 0 Å². The number of nitrogens with one attached hydrogen (secondary N) is 3. The van der Waals surface area contributed by atoms with Crippen LogP contribution in [0.1, 0.15) is 40.8 Å². The first-order valence-corrected chi connectivity index (χ1v) is 12.1. The zero-order valence-electron chi connectivity index (χ0n) is 20.4. The molecule has 8 nitrogen and oxygen atoms in total. The van der Waals surface area contributed by atoms with Gasteiger partial charge in [-0.15, -0.1) is 0 Å². The second-order valence-electron chi connectivity index (χ2n) is 9.17. The quantitative estimate of drug-likeness (QED) is 0.438. The normalized spacial score (nSPS) is 20.9. The number of ether oxygens (including phenoxy) is 2. The van der Waals surface area contributed by atoms with Crippen LogP contribution >= 0.6 is 0 Å². The maximum atomic E-state index is 15.1. The van der Waals surface area contributed by atoms with Crippen LogP contribution in [0.5, 0.6) is 11.5 Å². The van der Waals surface area contributed by atoms with E-state index in [9.17, 15) is 13.6 Å². The first-order valence-electron chi connectivity index (χ1n) is 12.1. The van der Waals surface area contributed by atoms with Gasteiger partial charge in [0.15, 0.2) is 11.5 Å². The van der Waals surface area contributed by atoms with Crippen molar-refractivity contribution in [3.05, 3.63) is 59.4 Å². The molecule has 2 aliphatic heterocycles. The lowest BCUT2D eigenvalue weighted by molar-refractivity contribution is 0.0659. The van der Waals surface area contributed by atoms with E-state index < -0.39 is 24.3 Å². The number of carbonyl (C=O) groups is 1. The Kier molecular flexibility index (Phi) is 6.96. The van der Waals surface area contributed by atoms with Crippen molar-refractivity contribution in [3.8, 4) is 22.8 Å². The molecule has 0 aliphatic carbocycles. The number of rotatable bonds is 7. The molecule has 2 aliphatic rings. The minimum Gasteiger partial charge on any atom is -0.493 e. The van der Waals surface area contributed by atoms with Crippen molar-refractivity contribution in [1.29, 1.82) is 0 Å². The predicted octanol–water partition coefficient (Wildman–Crippen LogP) is 4.16. The van der Waals surface area contributed by atoms with Gasteiger partial charge in [0.2, 0.25) is 0 Å². The van der Waals surface area contributed by atoms with Gasteiger partial charge in [0.25, 0.3) is 12.3 Å². The molecular formula is C26H28F3N5O3. The van der Waals surface area contributed by atoms with Crippen LogP contribution in [0.2, 0.25) is 0 Å². The number of halogens is 3. The molecule has 0 saturated carbocycles. The van der Waals surface area contributed by atoms with Gasteiger partial charge in [-0.3, -0.25) is 4.79 Å². The lowest BCUT2D eigenvalue weighted by Crippen LogP contribution is -2.36. The summed E-state index contributed by atoms with van der Waals surface area (Å²) in [5.41, 5.74) is 1.26. The second-order valence-corrected chi connectivity index (χ2v) is 9.17. The molecule has 3 heterocycles. The molecule has 1 saturated heterocycles. The second kappa shape index (κ2) is 10.3. The molecule has 2 unspecified atom stereocenters. The molecular weight excluding hydrogens is 487 g/mol. The number of hydrogen-bond acceptors (Lipinski definition) is 6. The van der Waals surface area contributed by atoms with E-state index in [0.29, 0.717) is 23.9 Å². The fourth-order valence-corrected chi connectivity index (χ4v) is 4.87. The molecule has 37 heavy (non-hydrogen) atoms. The predicted molar refractivity (Wildman–Crippen MR) is 132 cm³/mol. The van der Waals surface area contributed by atoms with E-state index in [0.717, 1.165) is 24.6 Å². The van der Waals surface area contributed by atoms with Gasteiger partial charge in [-0.1, -0.05) is 6.07 Å². The number of alkyl halides is 2. The van der Waals surface area contributed by atoms with Crippen LogP contribution in [0.3, 0.4) is 0 Å². The fourth-order valence-electron chi connectivity index (χ4n) is 4.87. The summed E-state index contributed by atoms with van der Waals surface area (Å²) in [6, 6.07) is 9.27. The Morgan fingerprint density at radius 1 is 1.14 bits per heavy atom. The molecule has 1 amide bonds. The average Bonchev–Trinajstić information content (AvgIpc) is 3.57. The Morgan fingerprint density at radius 2 is 1.95 bits per heavy atom. The SMILES string of the molecule is COc1ccc(C2CC(C(F)F)n3nc(-c4ccc(C(=O)N[C@H]5CCNC5)cc4F)cc3N2)cc1OC.